The van der Waals surface area contributed by atoms with E-state index in [9.17, 15) is 8.42 Å². The van der Waals surface area contributed by atoms with Crippen molar-refractivity contribution in [2.75, 3.05) is 25.4 Å². The summed E-state index contributed by atoms with van der Waals surface area (Å²) in [7, 11) is -2.95. The van der Waals surface area contributed by atoms with Crippen molar-refractivity contribution in [3.8, 4) is 0 Å². The number of nitrogens with one attached hydrogen (secondary N) is 1. The highest BCUT2D eigenvalue weighted by molar-refractivity contribution is 7.92. The summed E-state index contributed by atoms with van der Waals surface area (Å²) in [6.45, 7) is 14.9. The normalized spacial score (nSPS) is 26.9. The lowest BCUT2D eigenvalue weighted by molar-refractivity contribution is 0.0645. The lowest BCUT2D eigenvalue weighted by Gasteiger charge is -2.45. The first-order valence-electron chi connectivity index (χ1n) is 7.23. The van der Waals surface area contributed by atoms with Crippen LogP contribution in [0.25, 0.3) is 0 Å². The molecule has 0 aromatic rings. The maximum Gasteiger partial charge on any atom is 0.153 e. The number of hydrogen-bond donors (Lipinski definition) is 1. The Morgan fingerprint density at radius 3 is 2.37 bits per heavy atom. The molecule has 1 rings (SSSR count). The summed E-state index contributed by atoms with van der Waals surface area (Å²) >= 11 is 0. The fraction of sp³-hybridized carbons (Fsp3) is 1.00. The predicted molar refractivity (Wildman–Crippen MR) is 81.2 cm³/mol. The molecule has 0 radical (unpaired) electrons. The monoisotopic (exact) mass is 290 g/mol. The highest BCUT2D eigenvalue weighted by atomic mass is 32.2. The van der Waals surface area contributed by atoms with Crippen molar-refractivity contribution < 1.29 is 8.42 Å². The van der Waals surface area contributed by atoms with E-state index in [1.807, 2.05) is 0 Å². The van der Waals surface area contributed by atoms with Gasteiger partial charge in [0.05, 0.1) is 11.0 Å². The van der Waals surface area contributed by atoms with Crippen LogP contribution in [0.1, 0.15) is 41.5 Å². The topological polar surface area (TPSA) is 49.4 Å². The molecule has 1 aliphatic heterocycles. The zero-order chi connectivity index (χ0) is 14.8. The third kappa shape index (κ3) is 4.72. The Morgan fingerprint density at radius 2 is 1.89 bits per heavy atom. The molecule has 1 heterocycles. The molecule has 0 spiro atoms. The first-order valence-corrected chi connectivity index (χ1v) is 8.94. The van der Waals surface area contributed by atoms with E-state index in [2.05, 4.69) is 37.9 Å². The number of nitrogens with zero attached hydrogens (tertiary/aromatic N) is 1. The van der Waals surface area contributed by atoms with E-state index in [0.29, 0.717) is 18.6 Å². The number of piperazine rings is 1. The van der Waals surface area contributed by atoms with Gasteiger partial charge < -0.3 is 5.32 Å². The minimum atomic E-state index is -2.95. The molecule has 1 aliphatic rings. The average molecular weight is 290 g/mol. The van der Waals surface area contributed by atoms with Gasteiger partial charge in [-0.2, -0.15) is 0 Å². The Labute approximate surface area is 118 Å². The van der Waals surface area contributed by atoms with Crippen LogP contribution in [0.4, 0.5) is 0 Å². The first-order chi connectivity index (χ1) is 8.54. The summed E-state index contributed by atoms with van der Waals surface area (Å²) in [6, 6.07) is 0.825. The first kappa shape index (κ1) is 16.9. The SMILES string of the molecule is CC1CN(CCS(=O)(=O)C(C)C)C(C(C)(C)C)CN1. The van der Waals surface area contributed by atoms with Gasteiger partial charge >= 0.3 is 0 Å². The van der Waals surface area contributed by atoms with Crippen molar-refractivity contribution in [3.63, 3.8) is 0 Å². The zero-order valence-corrected chi connectivity index (χ0v) is 14.0. The van der Waals surface area contributed by atoms with Crippen LogP contribution in [0.3, 0.4) is 0 Å². The van der Waals surface area contributed by atoms with Crippen LogP contribution in [-0.2, 0) is 9.84 Å². The fourth-order valence-electron chi connectivity index (χ4n) is 2.57. The second kappa shape index (κ2) is 6.10. The molecule has 2 atom stereocenters. The third-order valence-corrected chi connectivity index (χ3v) is 6.18. The predicted octanol–water partition coefficient (Wildman–Crippen LogP) is 1.52. The molecule has 0 aliphatic carbocycles. The number of sulfone groups is 1. The highest BCUT2D eigenvalue weighted by Gasteiger charge is 2.34. The summed E-state index contributed by atoms with van der Waals surface area (Å²) in [6.07, 6.45) is 0. The average Bonchev–Trinajstić information content (AvgIpc) is 2.24. The van der Waals surface area contributed by atoms with Gasteiger partial charge in [-0.1, -0.05) is 20.8 Å². The van der Waals surface area contributed by atoms with Crippen LogP contribution in [0.5, 0.6) is 0 Å². The summed E-state index contributed by atoms with van der Waals surface area (Å²) < 4.78 is 23.9. The van der Waals surface area contributed by atoms with Crippen LogP contribution in [-0.4, -0.2) is 56.0 Å². The largest absolute Gasteiger partial charge is 0.311 e. The van der Waals surface area contributed by atoms with Gasteiger partial charge in [0, 0.05) is 31.7 Å². The second-order valence-corrected chi connectivity index (χ2v) is 9.78. The molecule has 1 N–H and O–H groups in total. The van der Waals surface area contributed by atoms with E-state index in [4.69, 9.17) is 0 Å². The quantitative estimate of drug-likeness (QED) is 0.853. The van der Waals surface area contributed by atoms with E-state index in [1.165, 1.54) is 0 Å². The molecule has 0 amide bonds. The van der Waals surface area contributed by atoms with E-state index in [1.54, 1.807) is 13.8 Å². The summed E-state index contributed by atoms with van der Waals surface area (Å²) in [5.74, 6) is 0.268. The number of hydrogen-bond acceptors (Lipinski definition) is 4. The fourth-order valence-corrected chi connectivity index (χ4v) is 3.53. The Bertz CT molecular complexity index is 385. The molecule has 0 aromatic carbocycles. The molecule has 4 nitrogen and oxygen atoms in total. The number of rotatable bonds is 4. The van der Waals surface area contributed by atoms with Crippen LogP contribution >= 0.6 is 0 Å². The van der Waals surface area contributed by atoms with Crippen LogP contribution in [0.15, 0.2) is 0 Å². The highest BCUT2D eigenvalue weighted by Crippen LogP contribution is 2.26. The molecule has 5 heteroatoms. The lowest BCUT2D eigenvalue weighted by Crippen LogP contribution is -2.60. The Hall–Kier alpha value is -0.130. The molecule has 19 heavy (non-hydrogen) atoms. The van der Waals surface area contributed by atoms with Gasteiger partial charge in [-0.15, -0.1) is 0 Å². The molecule has 114 valence electrons. The third-order valence-electron chi connectivity index (χ3n) is 3.99. The summed E-state index contributed by atoms with van der Waals surface area (Å²) in [5, 5.41) is 3.22. The zero-order valence-electron chi connectivity index (χ0n) is 13.2. The van der Waals surface area contributed by atoms with Crippen LogP contribution < -0.4 is 5.32 Å². The molecule has 2 unspecified atom stereocenters. The molecule has 1 fully saturated rings. The van der Waals surface area contributed by atoms with Crippen molar-refractivity contribution in [2.45, 2.75) is 58.9 Å². The van der Waals surface area contributed by atoms with Gasteiger partial charge in [0.1, 0.15) is 0 Å². The van der Waals surface area contributed by atoms with E-state index in [-0.39, 0.29) is 16.4 Å². The van der Waals surface area contributed by atoms with E-state index < -0.39 is 9.84 Å². The Morgan fingerprint density at radius 1 is 1.32 bits per heavy atom. The molecular formula is C14H30N2O2S. The maximum atomic E-state index is 12.0. The van der Waals surface area contributed by atoms with Gasteiger partial charge in [0.15, 0.2) is 9.84 Å². The molecule has 0 saturated carbocycles. The standard InChI is InChI=1S/C14H30N2O2S/c1-11(2)19(17,18)8-7-16-10-12(3)15-9-13(16)14(4,5)6/h11-13,15H,7-10H2,1-6H3. The van der Waals surface area contributed by atoms with Crippen molar-refractivity contribution in [1.82, 2.24) is 10.2 Å². The van der Waals surface area contributed by atoms with E-state index in [0.717, 1.165) is 13.1 Å². The maximum absolute atomic E-state index is 12.0. The van der Waals surface area contributed by atoms with Crippen molar-refractivity contribution >= 4 is 9.84 Å². The van der Waals surface area contributed by atoms with Gasteiger partial charge in [-0.05, 0) is 26.2 Å². The van der Waals surface area contributed by atoms with Crippen molar-refractivity contribution in [2.24, 2.45) is 5.41 Å². The van der Waals surface area contributed by atoms with Gasteiger partial charge in [0.2, 0.25) is 0 Å². The van der Waals surface area contributed by atoms with Crippen LogP contribution in [0, 0.1) is 5.41 Å². The summed E-state index contributed by atoms with van der Waals surface area (Å²) in [4.78, 5) is 2.35. The van der Waals surface area contributed by atoms with Crippen LogP contribution in [0.2, 0.25) is 0 Å². The molecular weight excluding hydrogens is 260 g/mol. The molecule has 0 aromatic heterocycles. The smallest absolute Gasteiger partial charge is 0.153 e. The Balaban J connectivity index is 2.72. The van der Waals surface area contributed by atoms with Crippen molar-refractivity contribution in [1.29, 1.82) is 0 Å². The van der Waals surface area contributed by atoms with Gasteiger partial charge in [-0.3, -0.25) is 4.90 Å². The molecule has 1 saturated heterocycles. The second-order valence-electron chi connectivity index (χ2n) is 7.10. The minimum absolute atomic E-state index is 0.161. The molecule has 0 bridgehead atoms. The van der Waals surface area contributed by atoms with Gasteiger partial charge in [-0.25, -0.2) is 8.42 Å². The summed E-state index contributed by atoms with van der Waals surface area (Å²) in [5.41, 5.74) is 0.161. The Kier molecular flexibility index (Phi) is 5.43. The van der Waals surface area contributed by atoms with E-state index >= 15 is 0 Å². The minimum Gasteiger partial charge on any atom is -0.311 e. The lowest BCUT2D eigenvalue weighted by atomic mass is 9.84. The van der Waals surface area contributed by atoms with Gasteiger partial charge in [0.25, 0.3) is 0 Å². The van der Waals surface area contributed by atoms with Crippen molar-refractivity contribution in [3.05, 3.63) is 0 Å².